The zero-order valence-electron chi connectivity index (χ0n) is 13.1. The molecule has 1 N–H and O–H groups in total. The topological polar surface area (TPSA) is 46.4 Å². The number of hydrogen-bond donors (Lipinski definition) is 1. The highest BCUT2D eigenvalue weighted by molar-refractivity contribution is 7.15. The Morgan fingerprint density at radius 3 is 3.17 bits per heavy atom. The van der Waals surface area contributed by atoms with Crippen molar-refractivity contribution < 1.29 is 4.79 Å². The Labute approximate surface area is 139 Å². The van der Waals surface area contributed by atoms with Crippen molar-refractivity contribution in [3.05, 3.63) is 58.4 Å². The van der Waals surface area contributed by atoms with Crippen LogP contribution in [-0.2, 0) is 17.6 Å². The van der Waals surface area contributed by atoms with Gasteiger partial charge in [0.2, 0.25) is 5.91 Å². The summed E-state index contributed by atoms with van der Waals surface area (Å²) in [6.07, 6.45) is 4.39. The number of nitrogens with one attached hydrogen (secondary N) is 1. The molecule has 3 aromatic rings. The van der Waals surface area contributed by atoms with E-state index in [1.165, 1.54) is 11.1 Å². The Kier molecular flexibility index (Phi) is 3.65. The fraction of sp³-hybridized carbons (Fsp3) is 0.333. The molecule has 0 spiro atoms. The van der Waals surface area contributed by atoms with Gasteiger partial charge in [-0.25, -0.2) is 4.98 Å². The molecule has 118 valence electrons. The number of nitrogens with zero attached hydrogens (tertiary/aromatic N) is 2. The zero-order valence-corrected chi connectivity index (χ0v) is 13.9. The van der Waals surface area contributed by atoms with Crippen LogP contribution >= 0.6 is 11.3 Å². The van der Waals surface area contributed by atoms with Crippen LogP contribution in [0.4, 0.5) is 0 Å². The molecule has 0 radical (unpaired) electrons. The normalized spacial score (nSPS) is 16.1. The van der Waals surface area contributed by atoms with Crippen LogP contribution in [0.2, 0.25) is 0 Å². The van der Waals surface area contributed by atoms with Gasteiger partial charge in [0.1, 0.15) is 0 Å². The third-order valence-electron chi connectivity index (χ3n) is 4.52. The summed E-state index contributed by atoms with van der Waals surface area (Å²) >= 11 is 1.63. The number of rotatable bonds is 5. The molecule has 1 unspecified atom stereocenters. The maximum absolute atomic E-state index is 12.1. The summed E-state index contributed by atoms with van der Waals surface area (Å²) in [7, 11) is 0. The molecule has 23 heavy (non-hydrogen) atoms. The summed E-state index contributed by atoms with van der Waals surface area (Å²) in [6.45, 7) is 2.74. The molecule has 1 aliphatic rings. The average Bonchev–Trinajstić information content (AvgIpc) is 3.05. The first-order valence-electron chi connectivity index (χ1n) is 7.97. The summed E-state index contributed by atoms with van der Waals surface area (Å²) in [5.74, 6) is 0.616. The zero-order chi connectivity index (χ0) is 15.8. The third-order valence-corrected chi connectivity index (χ3v) is 5.41. The van der Waals surface area contributed by atoms with E-state index in [-0.39, 0.29) is 5.91 Å². The van der Waals surface area contributed by atoms with Gasteiger partial charge in [-0.1, -0.05) is 24.3 Å². The number of carbonyl (C=O) groups is 1. The van der Waals surface area contributed by atoms with Gasteiger partial charge in [-0.3, -0.25) is 9.20 Å². The fourth-order valence-electron chi connectivity index (χ4n) is 3.23. The van der Waals surface area contributed by atoms with Gasteiger partial charge in [0.15, 0.2) is 4.96 Å². The van der Waals surface area contributed by atoms with E-state index in [0.29, 0.717) is 12.3 Å². The second kappa shape index (κ2) is 5.81. The molecule has 0 fully saturated rings. The van der Waals surface area contributed by atoms with Gasteiger partial charge < -0.3 is 5.32 Å². The number of amides is 1. The van der Waals surface area contributed by atoms with Gasteiger partial charge in [0, 0.05) is 36.2 Å². The monoisotopic (exact) mass is 325 g/mol. The maximum Gasteiger partial charge on any atom is 0.220 e. The molecular weight excluding hydrogens is 306 g/mol. The maximum atomic E-state index is 12.1. The van der Waals surface area contributed by atoms with E-state index in [9.17, 15) is 4.79 Å². The molecule has 2 heterocycles. The lowest BCUT2D eigenvalue weighted by Gasteiger charge is -2.30. The van der Waals surface area contributed by atoms with Gasteiger partial charge in [0.25, 0.3) is 0 Å². The molecule has 1 atom stereocenters. The Morgan fingerprint density at radius 1 is 1.43 bits per heavy atom. The van der Waals surface area contributed by atoms with Crippen LogP contribution in [-0.4, -0.2) is 21.8 Å². The smallest absolute Gasteiger partial charge is 0.220 e. The van der Waals surface area contributed by atoms with Gasteiger partial charge in [-0.05, 0) is 30.9 Å². The lowest BCUT2D eigenvalue weighted by Crippen LogP contribution is -2.33. The standard InChI is InChI=1S/C18H19N3OS/c1-12-10-21-15(11-23-18(21)20-12)6-7-17(22)19-9-14-8-13-4-2-3-5-16(13)14/h2-5,10-11,14H,6-9H2,1H3,(H,19,22). The molecule has 1 aliphatic carbocycles. The number of aromatic nitrogens is 2. The van der Waals surface area contributed by atoms with Crippen LogP contribution in [0.5, 0.6) is 0 Å². The van der Waals surface area contributed by atoms with E-state index in [1.807, 2.05) is 13.1 Å². The Morgan fingerprint density at radius 2 is 2.30 bits per heavy atom. The third kappa shape index (κ3) is 2.77. The summed E-state index contributed by atoms with van der Waals surface area (Å²) in [5, 5.41) is 5.18. The van der Waals surface area contributed by atoms with E-state index in [0.717, 1.165) is 35.7 Å². The van der Waals surface area contributed by atoms with Crippen molar-refractivity contribution in [2.24, 2.45) is 0 Å². The number of imidazole rings is 1. The van der Waals surface area contributed by atoms with Crippen molar-refractivity contribution >= 4 is 22.2 Å². The Balaban J connectivity index is 1.29. The van der Waals surface area contributed by atoms with E-state index >= 15 is 0 Å². The number of hydrogen-bond acceptors (Lipinski definition) is 3. The number of benzene rings is 1. The summed E-state index contributed by atoms with van der Waals surface area (Å²) < 4.78 is 2.09. The minimum absolute atomic E-state index is 0.130. The van der Waals surface area contributed by atoms with E-state index in [1.54, 1.807) is 11.3 Å². The predicted molar refractivity (Wildman–Crippen MR) is 92.0 cm³/mol. The number of aryl methyl sites for hydroxylation is 2. The average molecular weight is 325 g/mol. The van der Waals surface area contributed by atoms with Crippen LogP contribution in [0.1, 0.15) is 34.9 Å². The van der Waals surface area contributed by atoms with Crippen molar-refractivity contribution in [3.8, 4) is 0 Å². The van der Waals surface area contributed by atoms with Gasteiger partial charge >= 0.3 is 0 Å². The van der Waals surface area contributed by atoms with E-state index in [2.05, 4.69) is 44.3 Å². The highest BCUT2D eigenvalue weighted by Crippen LogP contribution is 2.33. The van der Waals surface area contributed by atoms with Crippen LogP contribution < -0.4 is 5.32 Å². The fourth-order valence-corrected chi connectivity index (χ4v) is 4.19. The first kappa shape index (κ1) is 14.5. The van der Waals surface area contributed by atoms with Crippen molar-refractivity contribution in [1.82, 2.24) is 14.7 Å². The molecule has 4 nitrogen and oxygen atoms in total. The minimum atomic E-state index is 0.130. The van der Waals surface area contributed by atoms with Crippen molar-refractivity contribution in [2.45, 2.75) is 32.1 Å². The lowest BCUT2D eigenvalue weighted by atomic mass is 9.77. The van der Waals surface area contributed by atoms with Gasteiger partial charge in [-0.15, -0.1) is 11.3 Å². The Hall–Kier alpha value is -2.14. The molecule has 1 aromatic carbocycles. The second-order valence-corrected chi connectivity index (χ2v) is 7.00. The van der Waals surface area contributed by atoms with Crippen LogP contribution in [0.15, 0.2) is 35.8 Å². The molecule has 0 saturated heterocycles. The number of fused-ring (bicyclic) bond motifs is 2. The quantitative estimate of drug-likeness (QED) is 0.783. The number of carbonyl (C=O) groups excluding carboxylic acids is 1. The second-order valence-electron chi connectivity index (χ2n) is 6.17. The van der Waals surface area contributed by atoms with Crippen molar-refractivity contribution in [3.63, 3.8) is 0 Å². The molecular formula is C18H19N3OS. The molecule has 2 aromatic heterocycles. The van der Waals surface area contributed by atoms with Crippen LogP contribution in [0.25, 0.3) is 4.96 Å². The lowest BCUT2D eigenvalue weighted by molar-refractivity contribution is -0.121. The van der Waals surface area contributed by atoms with E-state index < -0.39 is 0 Å². The van der Waals surface area contributed by atoms with Crippen LogP contribution in [0.3, 0.4) is 0 Å². The van der Waals surface area contributed by atoms with Crippen LogP contribution in [0, 0.1) is 6.92 Å². The Bertz CT molecular complexity index is 864. The molecule has 1 amide bonds. The summed E-state index contributed by atoms with van der Waals surface area (Å²) in [4.78, 5) is 17.5. The van der Waals surface area contributed by atoms with Crippen molar-refractivity contribution in [1.29, 1.82) is 0 Å². The SMILES string of the molecule is Cc1cn2c(CCC(=O)NCC3Cc4ccccc43)csc2n1. The van der Waals surface area contributed by atoms with Gasteiger partial charge in [-0.2, -0.15) is 0 Å². The molecule has 5 heteroatoms. The highest BCUT2D eigenvalue weighted by Gasteiger charge is 2.25. The van der Waals surface area contributed by atoms with E-state index in [4.69, 9.17) is 0 Å². The molecule has 4 rings (SSSR count). The predicted octanol–water partition coefficient (Wildman–Crippen LogP) is 3.09. The summed E-state index contributed by atoms with van der Waals surface area (Å²) in [5.41, 5.74) is 4.99. The molecule has 0 saturated carbocycles. The number of thiazole rings is 1. The highest BCUT2D eigenvalue weighted by atomic mass is 32.1. The first-order valence-corrected chi connectivity index (χ1v) is 8.85. The molecule has 0 aliphatic heterocycles. The minimum Gasteiger partial charge on any atom is -0.355 e. The largest absolute Gasteiger partial charge is 0.355 e. The summed E-state index contributed by atoms with van der Waals surface area (Å²) in [6, 6.07) is 8.48. The van der Waals surface area contributed by atoms with Crippen molar-refractivity contribution in [2.75, 3.05) is 6.54 Å². The first-order chi connectivity index (χ1) is 11.2. The van der Waals surface area contributed by atoms with Gasteiger partial charge in [0.05, 0.1) is 5.69 Å². The molecule has 0 bridgehead atoms.